The molecule has 8 heteroatoms. The average Bonchev–Trinajstić information content (AvgIpc) is 2.34. The summed E-state index contributed by atoms with van der Waals surface area (Å²) in [6.45, 7) is 0. The molecule has 2 aromatic rings. The highest BCUT2D eigenvalue weighted by atomic mass is 32.2. The molecule has 100 valence electrons. The molecule has 1 heterocycles. The fraction of sp³-hybridized carbons (Fsp3) is 0. The molecule has 19 heavy (non-hydrogen) atoms. The second-order valence-electron chi connectivity index (χ2n) is 3.53. The first-order valence-corrected chi connectivity index (χ1v) is 6.13. The zero-order valence-corrected chi connectivity index (χ0v) is 10.3. The number of hydrogen-bond donors (Lipinski definition) is 2. The van der Waals surface area contributed by atoms with Gasteiger partial charge in [-0.25, -0.2) is 22.3 Å². The molecule has 0 saturated heterocycles. The molecule has 0 bridgehead atoms. The zero-order chi connectivity index (χ0) is 14.0. The van der Waals surface area contributed by atoms with Crippen LogP contribution >= 0.6 is 0 Å². The van der Waals surface area contributed by atoms with Crippen LogP contribution in [0.1, 0.15) is 0 Å². The molecule has 5 nitrogen and oxygen atoms in total. The Hall–Kier alpha value is -2.06. The van der Waals surface area contributed by atoms with Crippen LogP contribution in [0.5, 0.6) is 0 Å². The Morgan fingerprint density at radius 3 is 2.58 bits per heavy atom. The number of pyridine rings is 1. The Bertz CT molecular complexity index is 639. The molecule has 1 aromatic carbocycles. The SMILES string of the molecule is Nc1ncccc1N(c1ccc(F)cc1F)S(=O)O. The first kappa shape index (κ1) is 13.4. The van der Waals surface area contributed by atoms with Gasteiger partial charge in [-0.15, -0.1) is 0 Å². The van der Waals surface area contributed by atoms with Gasteiger partial charge >= 0.3 is 0 Å². The minimum atomic E-state index is -2.58. The van der Waals surface area contributed by atoms with Gasteiger partial charge in [0.15, 0.2) is 5.82 Å². The van der Waals surface area contributed by atoms with Crippen LogP contribution in [0.2, 0.25) is 0 Å². The van der Waals surface area contributed by atoms with Gasteiger partial charge in [0.2, 0.25) is 0 Å². The summed E-state index contributed by atoms with van der Waals surface area (Å²) in [7, 11) is 0. The van der Waals surface area contributed by atoms with E-state index in [1.54, 1.807) is 0 Å². The smallest absolute Gasteiger partial charge is 0.266 e. The molecule has 0 radical (unpaired) electrons. The molecule has 0 spiro atoms. The average molecular weight is 285 g/mol. The van der Waals surface area contributed by atoms with Crippen LogP contribution in [0.15, 0.2) is 36.5 Å². The number of nitrogen functional groups attached to an aromatic ring is 1. The normalized spacial score (nSPS) is 12.2. The lowest BCUT2D eigenvalue weighted by molar-refractivity contribution is 0.559. The summed E-state index contributed by atoms with van der Waals surface area (Å²) in [5.74, 6) is -1.82. The maximum atomic E-state index is 13.7. The second kappa shape index (κ2) is 5.29. The van der Waals surface area contributed by atoms with Gasteiger partial charge in [-0.05, 0) is 24.3 Å². The predicted molar refractivity (Wildman–Crippen MR) is 67.9 cm³/mol. The summed E-state index contributed by atoms with van der Waals surface area (Å²) in [6.07, 6.45) is 1.39. The van der Waals surface area contributed by atoms with E-state index in [9.17, 15) is 17.5 Å². The molecule has 0 aliphatic heterocycles. The van der Waals surface area contributed by atoms with E-state index in [-0.39, 0.29) is 17.2 Å². The third-order valence-corrected chi connectivity index (χ3v) is 3.03. The van der Waals surface area contributed by atoms with Gasteiger partial charge < -0.3 is 5.73 Å². The number of anilines is 3. The number of halogens is 2. The molecular formula is C11H9F2N3O2S. The van der Waals surface area contributed by atoms with Crippen LogP contribution in [-0.4, -0.2) is 13.7 Å². The van der Waals surface area contributed by atoms with Crippen LogP contribution in [0.25, 0.3) is 0 Å². The van der Waals surface area contributed by atoms with Crippen LogP contribution < -0.4 is 10.0 Å². The van der Waals surface area contributed by atoms with Crippen molar-refractivity contribution in [1.82, 2.24) is 4.98 Å². The summed E-state index contributed by atoms with van der Waals surface area (Å²) in [6, 6.07) is 5.52. The van der Waals surface area contributed by atoms with Crippen molar-refractivity contribution < 1.29 is 17.5 Å². The Balaban J connectivity index is 2.59. The first-order valence-electron chi connectivity index (χ1n) is 5.07. The van der Waals surface area contributed by atoms with E-state index in [1.807, 2.05) is 0 Å². The molecule has 0 aliphatic rings. The van der Waals surface area contributed by atoms with Crippen LogP contribution in [0.3, 0.4) is 0 Å². The topological polar surface area (TPSA) is 79.5 Å². The molecule has 1 unspecified atom stereocenters. The molecule has 2 rings (SSSR count). The summed E-state index contributed by atoms with van der Waals surface area (Å²) in [4.78, 5) is 3.75. The number of benzene rings is 1. The highest BCUT2D eigenvalue weighted by molar-refractivity contribution is 7.81. The van der Waals surface area contributed by atoms with E-state index in [2.05, 4.69) is 4.98 Å². The third kappa shape index (κ3) is 2.69. The van der Waals surface area contributed by atoms with Crippen molar-refractivity contribution >= 4 is 28.5 Å². The minimum absolute atomic E-state index is 0.0476. The highest BCUT2D eigenvalue weighted by Gasteiger charge is 2.21. The van der Waals surface area contributed by atoms with Gasteiger partial charge in [0.05, 0.1) is 11.4 Å². The summed E-state index contributed by atoms with van der Waals surface area (Å²) in [5, 5.41) is 0. The van der Waals surface area contributed by atoms with Gasteiger partial charge in [-0.3, -0.25) is 4.55 Å². The van der Waals surface area contributed by atoms with E-state index in [1.165, 1.54) is 18.3 Å². The standard InChI is InChI=1S/C11H9F2N3O2S/c12-7-3-4-9(8(13)6-7)16(19(17)18)10-2-1-5-15-11(10)14/h1-6H,(H2,14,15)(H,17,18). The lowest BCUT2D eigenvalue weighted by Crippen LogP contribution is -2.22. The monoisotopic (exact) mass is 285 g/mol. The number of nitrogens with two attached hydrogens (primary N) is 1. The Morgan fingerprint density at radius 2 is 2.00 bits per heavy atom. The Labute approximate surface area is 110 Å². The van der Waals surface area contributed by atoms with E-state index in [0.717, 1.165) is 16.4 Å². The van der Waals surface area contributed by atoms with E-state index >= 15 is 0 Å². The van der Waals surface area contributed by atoms with Crippen LogP contribution in [0.4, 0.5) is 26.0 Å². The van der Waals surface area contributed by atoms with Crippen molar-refractivity contribution in [3.8, 4) is 0 Å². The first-order chi connectivity index (χ1) is 9.00. The van der Waals surface area contributed by atoms with E-state index in [0.29, 0.717) is 6.07 Å². The predicted octanol–water partition coefficient (Wildman–Crippen LogP) is 2.22. The zero-order valence-electron chi connectivity index (χ0n) is 9.46. The van der Waals surface area contributed by atoms with Crippen molar-refractivity contribution in [3.05, 3.63) is 48.2 Å². The van der Waals surface area contributed by atoms with Crippen molar-refractivity contribution in [3.63, 3.8) is 0 Å². The molecular weight excluding hydrogens is 276 g/mol. The largest absolute Gasteiger partial charge is 0.382 e. The number of aromatic nitrogens is 1. The quantitative estimate of drug-likeness (QED) is 0.847. The summed E-state index contributed by atoms with van der Waals surface area (Å²) >= 11 is -2.58. The number of rotatable bonds is 3. The van der Waals surface area contributed by atoms with Gasteiger partial charge in [-0.2, -0.15) is 0 Å². The molecule has 3 N–H and O–H groups in total. The number of nitrogens with zero attached hydrogens (tertiary/aromatic N) is 2. The molecule has 0 fully saturated rings. The lowest BCUT2D eigenvalue weighted by atomic mass is 10.2. The van der Waals surface area contributed by atoms with E-state index in [4.69, 9.17) is 5.73 Å². The van der Waals surface area contributed by atoms with Crippen molar-refractivity contribution in [2.24, 2.45) is 0 Å². The second-order valence-corrected chi connectivity index (χ2v) is 4.36. The molecule has 0 amide bonds. The Kier molecular flexibility index (Phi) is 3.72. The van der Waals surface area contributed by atoms with E-state index < -0.39 is 22.9 Å². The summed E-state index contributed by atoms with van der Waals surface area (Å²) in [5.41, 5.74) is 5.36. The van der Waals surface area contributed by atoms with Crippen molar-refractivity contribution in [1.29, 1.82) is 0 Å². The Morgan fingerprint density at radius 1 is 1.26 bits per heavy atom. The van der Waals surface area contributed by atoms with Gasteiger partial charge in [0, 0.05) is 12.3 Å². The van der Waals surface area contributed by atoms with Gasteiger partial charge in [0.25, 0.3) is 11.3 Å². The molecule has 0 saturated carbocycles. The third-order valence-electron chi connectivity index (χ3n) is 2.32. The van der Waals surface area contributed by atoms with Crippen LogP contribution in [-0.2, 0) is 11.3 Å². The van der Waals surface area contributed by atoms with Crippen LogP contribution in [0, 0.1) is 11.6 Å². The molecule has 0 aliphatic carbocycles. The maximum absolute atomic E-state index is 13.7. The van der Waals surface area contributed by atoms with Crippen molar-refractivity contribution in [2.45, 2.75) is 0 Å². The maximum Gasteiger partial charge on any atom is 0.266 e. The molecule has 1 atom stereocenters. The highest BCUT2D eigenvalue weighted by Crippen LogP contribution is 2.32. The summed E-state index contributed by atoms with van der Waals surface area (Å²) < 4.78 is 47.9. The van der Waals surface area contributed by atoms with Gasteiger partial charge in [-0.1, -0.05) is 0 Å². The minimum Gasteiger partial charge on any atom is -0.382 e. The fourth-order valence-electron chi connectivity index (χ4n) is 1.52. The number of hydrogen-bond acceptors (Lipinski definition) is 3. The lowest BCUT2D eigenvalue weighted by Gasteiger charge is -2.21. The van der Waals surface area contributed by atoms with Gasteiger partial charge in [0.1, 0.15) is 11.6 Å². The fourth-order valence-corrected chi connectivity index (χ4v) is 2.16. The van der Waals surface area contributed by atoms with Crippen molar-refractivity contribution in [2.75, 3.05) is 10.0 Å². The molecule has 1 aromatic heterocycles.